The Kier molecular flexibility index (Phi) is 3.21. The van der Waals surface area contributed by atoms with Crippen LogP contribution in [0.1, 0.15) is 0 Å². The van der Waals surface area contributed by atoms with E-state index in [2.05, 4.69) is 38.1 Å². The number of benzene rings is 2. The van der Waals surface area contributed by atoms with E-state index in [1.807, 2.05) is 42.5 Å². The summed E-state index contributed by atoms with van der Waals surface area (Å²) in [6, 6.07) is 18.2. The van der Waals surface area contributed by atoms with Gasteiger partial charge in [0.2, 0.25) is 0 Å². The summed E-state index contributed by atoms with van der Waals surface area (Å²) < 4.78 is 0. The fourth-order valence-electron chi connectivity index (χ4n) is 2.20. The normalized spacial score (nSPS) is 10.7. The summed E-state index contributed by atoms with van der Waals surface area (Å²) in [6.07, 6.45) is 0. The highest BCUT2D eigenvalue weighted by molar-refractivity contribution is 7.13. The zero-order chi connectivity index (χ0) is 14.8. The van der Waals surface area contributed by atoms with Gasteiger partial charge in [-0.25, -0.2) is 10.1 Å². The predicted octanol–water partition coefficient (Wildman–Crippen LogP) is 3.66. The second kappa shape index (κ2) is 5.50. The van der Waals surface area contributed by atoms with E-state index in [-0.39, 0.29) is 0 Å². The monoisotopic (exact) mass is 305 g/mol. The largest absolute Gasteiger partial charge is 0.239 e. The van der Waals surface area contributed by atoms with E-state index in [0.717, 1.165) is 27.4 Å². The van der Waals surface area contributed by atoms with Gasteiger partial charge in [-0.15, -0.1) is 16.4 Å². The van der Waals surface area contributed by atoms with Crippen molar-refractivity contribution in [1.82, 2.24) is 25.6 Å². The van der Waals surface area contributed by atoms with Gasteiger partial charge in [0, 0.05) is 22.1 Å². The summed E-state index contributed by atoms with van der Waals surface area (Å²) in [5.74, 6) is 0.662. The fraction of sp³-hybridized carbons (Fsp3) is 0. The van der Waals surface area contributed by atoms with Crippen LogP contribution in [0.25, 0.3) is 33.2 Å². The summed E-state index contributed by atoms with van der Waals surface area (Å²) in [4.78, 5) is 4.71. The molecular formula is C16H11N5S. The number of thiazole rings is 1. The van der Waals surface area contributed by atoms with Gasteiger partial charge in [0.1, 0.15) is 5.01 Å². The third-order valence-electron chi connectivity index (χ3n) is 3.32. The van der Waals surface area contributed by atoms with Gasteiger partial charge in [-0.1, -0.05) is 54.6 Å². The Labute approximate surface area is 130 Å². The quantitative estimate of drug-likeness (QED) is 0.627. The number of aromatic amines is 1. The Morgan fingerprint density at radius 3 is 2.32 bits per heavy atom. The molecule has 0 saturated heterocycles. The van der Waals surface area contributed by atoms with Crippen LogP contribution in [0.2, 0.25) is 0 Å². The van der Waals surface area contributed by atoms with Gasteiger partial charge in [-0.2, -0.15) is 0 Å². The molecule has 106 valence electrons. The van der Waals surface area contributed by atoms with E-state index in [1.54, 1.807) is 11.3 Å². The van der Waals surface area contributed by atoms with E-state index in [4.69, 9.17) is 4.98 Å². The SMILES string of the molecule is c1ccc(-c2nc(-c3ccc(-c4nnn[nH]4)cc3)cs2)cc1. The minimum Gasteiger partial charge on any atom is -0.239 e. The van der Waals surface area contributed by atoms with Gasteiger partial charge in [0.15, 0.2) is 5.82 Å². The first kappa shape index (κ1) is 12.8. The molecule has 0 aliphatic carbocycles. The van der Waals surface area contributed by atoms with Crippen LogP contribution in [0.15, 0.2) is 60.0 Å². The van der Waals surface area contributed by atoms with Crippen molar-refractivity contribution >= 4 is 11.3 Å². The molecule has 0 bridgehead atoms. The van der Waals surface area contributed by atoms with Gasteiger partial charge >= 0.3 is 0 Å². The lowest BCUT2D eigenvalue weighted by molar-refractivity contribution is 0.881. The van der Waals surface area contributed by atoms with Crippen LogP contribution in [0.5, 0.6) is 0 Å². The zero-order valence-corrected chi connectivity index (χ0v) is 12.3. The number of rotatable bonds is 3. The lowest BCUT2D eigenvalue weighted by Gasteiger charge is -1.99. The molecule has 0 atom stereocenters. The highest BCUT2D eigenvalue weighted by Crippen LogP contribution is 2.29. The van der Waals surface area contributed by atoms with Crippen LogP contribution in [0.4, 0.5) is 0 Å². The molecule has 0 unspecified atom stereocenters. The molecule has 22 heavy (non-hydrogen) atoms. The van der Waals surface area contributed by atoms with Crippen molar-refractivity contribution in [2.75, 3.05) is 0 Å². The Morgan fingerprint density at radius 2 is 1.59 bits per heavy atom. The van der Waals surface area contributed by atoms with Gasteiger partial charge < -0.3 is 0 Å². The number of nitrogens with zero attached hydrogens (tertiary/aromatic N) is 4. The van der Waals surface area contributed by atoms with Crippen molar-refractivity contribution in [2.24, 2.45) is 0 Å². The molecule has 1 N–H and O–H groups in total. The first-order chi connectivity index (χ1) is 10.9. The fourth-order valence-corrected chi connectivity index (χ4v) is 3.04. The number of tetrazole rings is 1. The van der Waals surface area contributed by atoms with Gasteiger partial charge in [0.25, 0.3) is 0 Å². The van der Waals surface area contributed by atoms with E-state index in [9.17, 15) is 0 Å². The second-order valence-corrected chi connectivity index (χ2v) is 5.59. The van der Waals surface area contributed by atoms with Crippen molar-refractivity contribution in [3.8, 4) is 33.2 Å². The Bertz CT molecular complexity index is 867. The van der Waals surface area contributed by atoms with E-state index >= 15 is 0 Å². The van der Waals surface area contributed by atoms with Crippen LogP contribution >= 0.6 is 11.3 Å². The van der Waals surface area contributed by atoms with Crippen LogP contribution in [0, 0.1) is 0 Å². The summed E-state index contributed by atoms with van der Waals surface area (Å²) in [5.41, 5.74) is 4.15. The summed E-state index contributed by atoms with van der Waals surface area (Å²) >= 11 is 1.65. The third-order valence-corrected chi connectivity index (χ3v) is 4.22. The Hall–Kier alpha value is -2.86. The highest BCUT2D eigenvalue weighted by Gasteiger charge is 2.07. The minimum absolute atomic E-state index is 0.662. The Morgan fingerprint density at radius 1 is 0.818 bits per heavy atom. The van der Waals surface area contributed by atoms with Gasteiger partial charge in [0.05, 0.1) is 5.69 Å². The molecule has 5 nitrogen and oxygen atoms in total. The van der Waals surface area contributed by atoms with Crippen molar-refractivity contribution in [3.63, 3.8) is 0 Å². The molecule has 4 aromatic rings. The molecule has 0 saturated carbocycles. The summed E-state index contributed by atoms with van der Waals surface area (Å²) in [6.45, 7) is 0. The predicted molar refractivity (Wildman–Crippen MR) is 86.2 cm³/mol. The molecule has 2 aromatic carbocycles. The standard InChI is InChI=1S/C16H11N5S/c1-2-4-13(5-3-1)16-17-14(10-22-16)11-6-8-12(9-7-11)15-18-20-21-19-15/h1-10H,(H,18,19,20,21). The molecule has 0 spiro atoms. The lowest BCUT2D eigenvalue weighted by atomic mass is 10.1. The van der Waals surface area contributed by atoms with Gasteiger partial charge in [-0.3, -0.25) is 0 Å². The number of H-pyrrole nitrogens is 1. The van der Waals surface area contributed by atoms with Crippen LogP contribution < -0.4 is 0 Å². The molecule has 2 heterocycles. The van der Waals surface area contributed by atoms with E-state index in [0.29, 0.717) is 5.82 Å². The van der Waals surface area contributed by atoms with Crippen molar-refractivity contribution in [3.05, 3.63) is 60.0 Å². The summed E-state index contributed by atoms with van der Waals surface area (Å²) in [5, 5.41) is 16.9. The first-order valence-electron chi connectivity index (χ1n) is 6.75. The minimum atomic E-state index is 0.662. The molecule has 0 aliphatic rings. The van der Waals surface area contributed by atoms with Crippen molar-refractivity contribution < 1.29 is 0 Å². The molecular weight excluding hydrogens is 294 g/mol. The van der Waals surface area contributed by atoms with Crippen molar-refractivity contribution in [1.29, 1.82) is 0 Å². The summed E-state index contributed by atoms with van der Waals surface area (Å²) in [7, 11) is 0. The first-order valence-corrected chi connectivity index (χ1v) is 7.63. The Balaban J connectivity index is 1.64. The molecule has 0 fully saturated rings. The number of hydrogen-bond acceptors (Lipinski definition) is 5. The maximum Gasteiger partial charge on any atom is 0.179 e. The average Bonchev–Trinajstić information content (AvgIpc) is 3.28. The maximum absolute atomic E-state index is 4.71. The van der Waals surface area contributed by atoms with Crippen molar-refractivity contribution in [2.45, 2.75) is 0 Å². The smallest absolute Gasteiger partial charge is 0.179 e. The molecule has 0 aliphatic heterocycles. The highest BCUT2D eigenvalue weighted by atomic mass is 32.1. The number of nitrogens with one attached hydrogen (secondary N) is 1. The van der Waals surface area contributed by atoms with Crippen LogP contribution in [0.3, 0.4) is 0 Å². The maximum atomic E-state index is 4.71. The van der Waals surface area contributed by atoms with Crippen LogP contribution in [-0.4, -0.2) is 25.6 Å². The topological polar surface area (TPSA) is 67.3 Å². The third kappa shape index (κ3) is 2.40. The number of hydrogen-bond donors (Lipinski definition) is 1. The molecule has 6 heteroatoms. The van der Waals surface area contributed by atoms with E-state index in [1.165, 1.54) is 0 Å². The van der Waals surface area contributed by atoms with E-state index < -0.39 is 0 Å². The molecule has 0 amide bonds. The second-order valence-electron chi connectivity index (χ2n) is 4.73. The number of aromatic nitrogens is 5. The van der Waals surface area contributed by atoms with Gasteiger partial charge in [-0.05, 0) is 10.4 Å². The molecule has 0 radical (unpaired) electrons. The van der Waals surface area contributed by atoms with Crippen LogP contribution in [-0.2, 0) is 0 Å². The zero-order valence-electron chi connectivity index (χ0n) is 11.5. The molecule has 4 rings (SSSR count). The molecule has 2 aromatic heterocycles. The average molecular weight is 305 g/mol. The lowest BCUT2D eigenvalue weighted by Crippen LogP contribution is -1.83.